The summed E-state index contributed by atoms with van der Waals surface area (Å²) in [6.45, 7) is 1.62. The van der Waals surface area contributed by atoms with Crippen LogP contribution in [0.1, 0.15) is 22.7 Å². The van der Waals surface area contributed by atoms with Crippen LogP contribution in [0.3, 0.4) is 0 Å². The number of nitrogens with two attached hydrogens (primary N) is 1. The highest BCUT2D eigenvalue weighted by molar-refractivity contribution is 5.35. The summed E-state index contributed by atoms with van der Waals surface area (Å²) in [5, 5.41) is 0. The molecule has 0 saturated heterocycles. The Morgan fingerprint density at radius 3 is 2.39 bits per heavy atom. The highest BCUT2D eigenvalue weighted by atomic mass is 19.2. The van der Waals surface area contributed by atoms with Crippen molar-refractivity contribution in [2.75, 3.05) is 0 Å². The van der Waals surface area contributed by atoms with Crippen LogP contribution in [-0.4, -0.2) is 0 Å². The zero-order chi connectivity index (χ0) is 13.3. The fourth-order valence-corrected chi connectivity index (χ4v) is 1.80. The maximum absolute atomic E-state index is 13.9. The van der Waals surface area contributed by atoms with Gasteiger partial charge in [0.05, 0.1) is 6.04 Å². The highest BCUT2D eigenvalue weighted by Crippen LogP contribution is 2.24. The number of halogens is 3. The van der Waals surface area contributed by atoms with Gasteiger partial charge in [-0.3, -0.25) is 0 Å². The molecule has 0 aromatic heterocycles. The Kier molecular flexibility index (Phi) is 3.39. The van der Waals surface area contributed by atoms with E-state index in [1.165, 1.54) is 12.1 Å². The van der Waals surface area contributed by atoms with Gasteiger partial charge in [-0.2, -0.15) is 0 Å². The highest BCUT2D eigenvalue weighted by Gasteiger charge is 2.16. The van der Waals surface area contributed by atoms with Gasteiger partial charge in [0, 0.05) is 5.56 Å². The molecule has 0 saturated carbocycles. The van der Waals surface area contributed by atoms with E-state index in [4.69, 9.17) is 5.73 Å². The summed E-state index contributed by atoms with van der Waals surface area (Å²) in [6, 6.07) is 7.34. The number of hydrogen-bond acceptors (Lipinski definition) is 1. The van der Waals surface area contributed by atoms with Crippen molar-refractivity contribution in [2.24, 2.45) is 5.73 Å². The molecule has 2 aromatic carbocycles. The maximum Gasteiger partial charge on any atom is 0.159 e. The summed E-state index contributed by atoms with van der Waals surface area (Å²) in [5.74, 6) is -2.36. The van der Waals surface area contributed by atoms with E-state index in [2.05, 4.69) is 0 Å². The predicted molar refractivity (Wildman–Crippen MR) is 63.5 cm³/mol. The monoisotopic (exact) mass is 251 g/mol. The lowest BCUT2D eigenvalue weighted by molar-refractivity contribution is 0.505. The van der Waals surface area contributed by atoms with E-state index in [9.17, 15) is 13.2 Å². The molecular weight excluding hydrogens is 239 g/mol. The first-order chi connectivity index (χ1) is 8.50. The molecule has 2 N–H and O–H groups in total. The zero-order valence-electron chi connectivity index (χ0n) is 9.75. The molecule has 1 unspecified atom stereocenters. The zero-order valence-corrected chi connectivity index (χ0v) is 9.75. The Hall–Kier alpha value is -1.81. The molecule has 0 fully saturated rings. The molecule has 1 nitrogen and oxygen atoms in total. The van der Waals surface area contributed by atoms with Crippen molar-refractivity contribution in [3.8, 4) is 0 Å². The van der Waals surface area contributed by atoms with Crippen LogP contribution in [0.25, 0.3) is 0 Å². The average Bonchev–Trinajstić information content (AvgIpc) is 2.35. The van der Waals surface area contributed by atoms with Crippen LogP contribution in [-0.2, 0) is 0 Å². The minimum atomic E-state index is -0.990. The van der Waals surface area contributed by atoms with Crippen molar-refractivity contribution in [3.63, 3.8) is 0 Å². The minimum Gasteiger partial charge on any atom is -0.320 e. The molecule has 0 radical (unpaired) electrons. The largest absolute Gasteiger partial charge is 0.320 e. The Morgan fingerprint density at radius 1 is 1.00 bits per heavy atom. The molecule has 0 aliphatic carbocycles. The van der Waals surface area contributed by atoms with Gasteiger partial charge in [-0.1, -0.05) is 24.3 Å². The molecule has 0 aliphatic heterocycles. The van der Waals surface area contributed by atoms with Crippen LogP contribution >= 0.6 is 0 Å². The molecule has 0 amide bonds. The third-order valence-electron chi connectivity index (χ3n) is 2.86. The first-order valence-corrected chi connectivity index (χ1v) is 5.46. The van der Waals surface area contributed by atoms with Gasteiger partial charge in [0.1, 0.15) is 5.82 Å². The SMILES string of the molecule is Cc1cccc(C(N)c2ccc(F)c(F)c2)c1F. The Bertz CT molecular complexity index is 581. The Balaban J connectivity index is 2.44. The van der Waals surface area contributed by atoms with Crippen molar-refractivity contribution < 1.29 is 13.2 Å². The lowest BCUT2D eigenvalue weighted by Crippen LogP contribution is -2.14. The molecule has 4 heteroatoms. The van der Waals surface area contributed by atoms with Gasteiger partial charge >= 0.3 is 0 Å². The fourth-order valence-electron chi connectivity index (χ4n) is 1.80. The smallest absolute Gasteiger partial charge is 0.159 e. The van der Waals surface area contributed by atoms with Crippen LogP contribution in [0.15, 0.2) is 36.4 Å². The molecule has 2 aromatic rings. The summed E-state index contributed by atoms with van der Waals surface area (Å²) in [5.41, 5.74) is 6.94. The molecule has 18 heavy (non-hydrogen) atoms. The molecule has 0 spiro atoms. The van der Waals surface area contributed by atoms with E-state index in [0.29, 0.717) is 11.1 Å². The predicted octanol–water partition coefficient (Wildman–Crippen LogP) is 3.46. The quantitative estimate of drug-likeness (QED) is 0.869. The van der Waals surface area contributed by atoms with Gasteiger partial charge in [0.15, 0.2) is 11.6 Å². The second-order valence-corrected chi connectivity index (χ2v) is 4.13. The maximum atomic E-state index is 13.9. The standard InChI is InChI=1S/C14H12F3N/c1-8-3-2-4-10(13(8)17)14(18)9-5-6-11(15)12(16)7-9/h2-7,14H,18H2,1H3. The van der Waals surface area contributed by atoms with Crippen molar-refractivity contribution in [3.05, 3.63) is 70.5 Å². The molecule has 0 bridgehead atoms. The number of benzene rings is 2. The van der Waals surface area contributed by atoms with Crippen LogP contribution in [0.2, 0.25) is 0 Å². The second kappa shape index (κ2) is 4.82. The number of rotatable bonds is 2. The summed E-state index contributed by atoms with van der Waals surface area (Å²) < 4.78 is 39.8. The lowest BCUT2D eigenvalue weighted by atomic mass is 9.97. The third kappa shape index (κ3) is 2.24. The Labute approximate surface area is 103 Å². The van der Waals surface area contributed by atoms with Crippen molar-refractivity contribution >= 4 is 0 Å². The first-order valence-electron chi connectivity index (χ1n) is 5.46. The summed E-state index contributed by atoms with van der Waals surface area (Å²) in [7, 11) is 0. The molecule has 94 valence electrons. The summed E-state index contributed by atoms with van der Waals surface area (Å²) >= 11 is 0. The number of hydrogen-bond donors (Lipinski definition) is 1. The van der Waals surface area contributed by atoms with Crippen LogP contribution in [0, 0.1) is 24.4 Å². The number of aryl methyl sites for hydroxylation is 1. The third-order valence-corrected chi connectivity index (χ3v) is 2.86. The summed E-state index contributed by atoms with van der Waals surface area (Å²) in [4.78, 5) is 0. The summed E-state index contributed by atoms with van der Waals surface area (Å²) in [6.07, 6.45) is 0. The second-order valence-electron chi connectivity index (χ2n) is 4.13. The van der Waals surface area contributed by atoms with Gasteiger partial charge in [-0.05, 0) is 30.2 Å². The first kappa shape index (κ1) is 12.6. The molecule has 0 heterocycles. The van der Waals surface area contributed by atoms with Crippen molar-refractivity contribution in [1.82, 2.24) is 0 Å². The van der Waals surface area contributed by atoms with Gasteiger partial charge in [0.25, 0.3) is 0 Å². The van der Waals surface area contributed by atoms with Gasteiger partial charge in [-0.25, -0.2) is 13.2 Å². The normalized spacial score (nSPS) is 12.5. The van der Waals surface area contributed by atoms with E-state index >= 15 is 0 Å². The van der Waals surface area contributed by atoms with Crippen LogP contribution < -0.4 is 5.73 Å². The van der Waals surface area contributed by atoms with E-state index in [-0.39, 0.29) is 5.56 Å². The molecule has 1 atom stereocenters. The molecular formula is C14H12F3N. The topological polar surface area (TPSA) is 26.0 Å². The van der Waals surface area contributed by atoms with Crippen LogP contribution in [0.4, 0.5) is 13.2 Å². The van der Waals surface area contributed by atoms with E-state index < -0.39 is 23.5 Å². The molecule has 0 aliphatic rings. The van der Waals surface area contributed by atoms with E-state index in [1.54, 1.807) is 19.1 Å². The van der Waals surface area contributed by atoms with Crippen molar-refractivity contribution in [1.29, 1.82) is 0 Å². The van der Waals surface area contributed by atoms with Gasteiger partial charge < -0.3 is 5.73 Å². The van der Waals surface area contributed by atoms with E-state index in [0.717, 1.165) is 12.1 Å². The minimum absolute atomic E-state index is 0.265. The fraction of sp³-hybridized carbons (Fsp3) is 0.143. The van der Waals surface area contributed by atoms with Gasteiger partial charge in [-0.15, -0.1) is 0 Å². The lowest BCUT2D eigenvalue weighted by Gasteiger charge is -2.14. The average molecular weight is 251 g/mol. The molecule has 2 rings (SSSR count). The van der Waals surface area contributed by atoms with Gasteiger partial charge in [0.2, 0.25) is 0 Å². The van der Waals surface area contributed by atoms with Crippen LogP contribution in [0.5, 0.6) is 0 Å². The van der Waals surface area contributed by atoms with Crippen molar-refractivity contribution in [2.45, 2.75) is 13.0 Å². The Morgan fingerprint density at radius 2 is 1.72 bits per heavy atom. The van der Waals surface area contributed by atoms with E-state index in [1.807, 2.05) is 0 Å².